The molecule has 8 aromatic carbocycles. The molecule has 0 radical (unpaired) electrons. The van der Waals surface area contributed by atoms with E-state index in [2.05, 4.69) is 172 Å². The topological polar surface area (TPSA) is 0 Å². The van der Waals surface area contributed by atoms with Crippen LogP contribution in [-0.2, 0) is 0 Å². The van der Waals surface area contributed by atoms with Gasteiger partial charge in [-0.2, -0.15) is 0 Å². The Morgan fingerprint density at radius 3 is 1.13 bits per heavy atom. The third kappa shape index (κ3) is 4.86. The molecule has 0 spiro atoms. The summed E-state index contributed by atoms with van der Waals surface area (Å²) in [6.07, 6.45) is 0. The van der Waals surface area contributed by atoms with Gasteiger partial charge in [-0.3, -0.25) is 0 Å². The van der Waals surface area contributed by atoms with Gasteiger partial charge < -0.3 is 0 Å². The second-order valence-corrected chi connectivity index (χ2v) is 18.9. The summed E-state index contributed by atoms with van der Waals surface area (Å²) < 4.78 is 2.93. The predicted molar refractivity (Wildman–Crippen MR) is 235 cm³/mol. The average molecular weight is 776 g/mol. The zero-order chi connectivity index (χ0) is 35.2. The normalized spacial score (nSPS) is 12.0. The second-order valence-electron chi connectivity index (χ2n) is 14.0. The fraction of sp³-hybridized carbons (Fsp3) is 0.0400. The number of rotatable bonds is 4. The molecule has 0 nitrogen and oxygen atoms in total. The molecule has 53 heavy (non-hydrogen) atoms. The maximum absolute atomic E-state index is 2.50. The van der Waals surface area contributed by atoms with Crippen molar-refractivity contribution in [2.45, 2.75) is 13.8 Å². The fourth-order valence-electron chi connectivity index (χ4n) is 8.64. The van der Waals surface area contributed by atoms with E-state index in [4.69, 9.17) is 0 Å². The summed E-state index contributed by atoms with van der Waals surface area (Å²) in [5, 5.41) is 13.3. The van der Waals surface area contributed by atoms with Gasteiger partial charge in [0.25, 0.3) is 0 Å². The van der Waals surface area contributed by atoms with Crippen LogP contribution in [0.5, 0.6) is 0 Å². The van der Waals surface area contributed by atoms with E-state index in [0.717, 1.165) is 0 Å². The quantitative estimate of drug-likeness (QED) is 0.123. The molecule has 0 N–H and O–H groups in total. The second kappa shape index (κ2) is 12.1. The standard InChI is InChI=1S/C50H32S2Se/c1-29-19-24-43(51-29)49-38-15-7-3-11-34(38)47(35-12-4-8-16-39(35)49)31-22-26-45-42(27-31)33-23-21-32(28-46(33)53-45)48-36-13-5-9-17-40(36)50(44-25-20-30(2)52-44)41-18-10-6-14-37(41)48/h3-28H,1-2H3. The van der Waals surface area contributed by atoms with Gasteiger partial charge in [-0.25, -0.2) is 0 Å². The van der Waals surface area contributed by atoms with E-state index < -0.39 is 0 Å². The number of thiophene rings is 2. The van der Waals surface area contributed by atoms with Gasteiger partial charge in [-0.05, 0) is 0 Å². The molecular formula is C50H32S2Se. The van der Waals surface area contributed by atoms with Crippen LogP contribution in [0.2, 0.25) is 0 Å². The molecule has 0 aliphatic carbocycles. The van der Waals surface area contributed by atoms with E-state index in [1.54, 1.807) is 0 Å². The van der Waals surface area contributed by atoms with E-state index in [1.807, 2.05) is 22.7 Å². The van der Waals surface area contributed by atoms with Gasteiger partial charge in [-0.1, -0.05) is 0 Å². The fourth-order valence-corrected chi connectivity index (χ4v) is 12.9. The summed E-state index contributed by atoms with van der Waals surface area (Å²) in [6.45, 7) is 4.40. The molecule has 3 heteroatoms. The molecule has 0 saturated heterocycles. The van der Waals surface area contributed by atoms with Crippen LogP contribution in [0.3, 0.4) is 0 Å². The number of aryl methyl sites for hydroxylation is 2. The Hall–Kier alpha value is -5.28. The van der Waals surface area contributed by atoms with Crippen molar-refractivity contribution in [3.05, 3.63) is 167 Å². The summed E-state index contributed by atoms with van der Waals surface area (Å²) >= 11 is 4.00. The first-order valence-electron chi connectivity index (χ1n) is 18.1. The SMILES string of the molecule is Cc1ccc(-c2c3ccccc3c(-c3ccc4c(c3)[se]c3ccc(-c5c6ccccc6c(-c6ccc(C)s6)c6ccccc56)cc34)c3ccccc23)s1. The Kier molecular flexibility index (Phi) is 7.16. The van der Waals surface area contributed by atoms with Gasteiger partial charge in [0.15, 0.2) is 0 Å². The first kappa shape index (κ1) is 31.3. The minimum absolute atomic E-state index is 0.226. The molecule has 0 aliphatic heterocycles. The molecule has 0 fully saturated rings. The molecule has 0 bridgehead atoms. The van der Waals surface area contributed by atoms with Gasteiger partial charge in [0.1, 0.15) is 0 Å². The van der Waals surface area contributed by atoms with Crippen molar-refractivity contribution in [3.8, 4) is 43.1 Å². The maximum atomic E-state index is 2.50. The Balaban J connectivity index is 1.12. The van der Waals surface area contributed by atoms with Crippen molar-refractivity contribution in [1.29, 1.82) is 0 Å². The zero-order valence-corrected chi connectivity index (χ0v) is 32.6. The van der Waals surface area contributed by atoms with E-state index in [9.17, 15) is 0 Å². The number of fused-ring (bicyclic) bond motifs is 7. The van der Waals surface area contributed by atoms with Crippen LogP contribution >= 0.6 is 22.7 Å². The first-order valence-corrected chi connectivity index (χ1v) is 21.4. The predicted octanol–water partition coefficient (Wildman–Crippen LogP) is 15.1. The van der Waals surface area contributed by atoms with Gasteiger partial charge in [0.2, 0.25) is 0 Å². The van der Waals surface area contributed by atoms with Gasteiger partial charge in [0.05, 0.1) is 0 Å². The average Bonchev–Trinajstić information content (AvgIpc) is 3.93. The van der Waals surface area contributed by atoms with Crippen LogP contribution in [0.4, 0.5) is 0 Å². The zero-order valence-electron chi connectivity index (χ0n) is 29.2. The van der Waals surface area contributed by atoms with Gasteiger partial charge in [-0.15, -0.1) is 0 Å². The molecule has 250 valence electrons. The number of benzene rings is 8. The molecule has 0 atom stereocenters. The van der Waals surface area contributed by atoms with Crippen molar-refractivity contribution < 1.29 is 0 Å². The van der Waals surface area contributed by atoms with Crippen LogP contribution in [0.1, 0.15) is 9.75 Å². The van der Waals surface area contributed by atoms with Crippen molar-refractivity contribution in [2.24, 2.45) is 0 Å². The van der Waals surface area contributed by atoms with E-state index in [0.29, 0.717) is 0 Å². The third-order valence-corrected chi connectivity index (χ3v) is 15.3. The molecule has 3 heterocycles. The minimum atomic E-state index is 0.226. The Bertz CT molecular complexity index is 3150. The van der Waals surface area contributed by atoms with Crippen molar-refractivity contribution >= 4 is 99.6 Å². The van der Waals surface area contributed by atoms with Crippen LogP contribution in [0.15, 0.2) is 158 Å². The van der Waals surface area contributed by atoms with Gasteiger partial charge in [0, 0.05) is 0 Å². The third-order valence-electron chi connectivity index (χ3n) is 10.9. The van der Waals surface area contributed by atoms with Crippen LogP contribution in [-0.4, -0.2) is 14.5 Å². The van der Waals surface area contributed by atoms with E-state index >= 15 is 0 Å². The monoisotopic (exact) mass is 776 g/mol. The number of hydrogen-bond donors (Lipinski definition) is 0. The molecule has 0 unspecified atom stereocenters. The molecule has 0 aliphatic rings. The summed E-state index contributed by atoms with van der Waals surface area (Å²) in [4.78, 5) is 5.35. The van der Waals surface area contributed by atoms with Crippen molar-refractivity contribution in [3.63, 3.8) is 0 Å². The Morgan fingerprint density at radius 1 is 0.321 bits per heavy atom. The van der Waals surface area contributed by atoms with Crippen LogP contribution in [0.25, 0.3) is 106 Å². The number of hydrogen-bond acceptors (Lipinski definition) is 2. The summed E-state index contributed by atoms with van der Waals surface area (Å²) in [6, 6.07) is 59.7. The Morgan fingerprint density at radius 2 is 0.717 bits per heavy atom. The summed E-state index contributed by atoms with van der Waals surface area (Å²) in [5.74, 6) is 0. The molecule has 11 aromatic rings. The molecular weight excluding hydrogens is 744 g/mol. The molecule has 11 rings (SSSR count). The molecule has 0 saturated carbocycles. The van der Waals surface area contributed by atoms with Gasteiger partial charge >= 0.3 is 324 Å². The summed E-state index contributed by atoms with van der Waals surface area (Å²) in [5.41, 5.74) is 7.95. The van der Waals surface area contributed by atoms with Crippen LogP contribution in [0, 0.1) is 13.8 Å². The Labute approximate surface area is 322 Å². The van der Waals surface area contributed by atoms with E-state index in [1.165, 1.54) is 115 Å². The molecule has 0 amide bonds. The summed E-state index contributed by atoms with van der Waals surface area (Å²) in [7, 11) is 0. The molecule has 3 aromatic heterocycles. The first-order chi connectivity index (χ1) is 26.1. The van der Waals surface area contributed by atoms with Crippen LogP contribution < -0.4 is 0 Å². The van der Waals surface area contributed by atoms with E-state index in [-0.39, 0.29) is 14.5 Å². The van der Waals surface area contributed by atoms with Crippen molar-refractivity contribution in [1.82, 2.24) is 0 Å². The van der Waals surface area contributed by atoms with Crippen molar-refractivity contribution in [2.75, 3.05) is 0 Å².